The Morgan fingerprint density at radius 1 is 0.438 bits per heavy atom. The number of rotatable bonds is 27. The van der Waals surface area contributed by atoms with Crippen LogP contribution in [0.4, 0.5) is 0 Å². The Balaban J connectivity index is 3.37. The van der Waals surface area contributed by atoms with E-state index in [4.69, 9.17) is 0 Å². The smallest absolute Gasteiger partial charge is 0.188 e. The van der Waals surface area contributed by atoms with Gasteiger partial charge in [-0.25, -0.2) is 0 Å². The average Bonchev–Trinajstić information content (AvgIpc) is 2.78. The molecule has 0 bridgehead atoms. The zero-order valence-electron chi connectivity index (χ0n) is 22.3. The summed E-state index contributed by atoms with van der Waals surface area (Å²) in [5, 5.41) is 0.133. The first-order chi connectivity index (χ1) is 15.7. The van der Waals surface area contributed by atoms with Gasteiger partial charge in [0.1, 0.15) is 0 Å². The molecule has 0 aromatic carbocycles. The van der Waals surface area contributed by atoms with E-state index < -0.39 is 0 Å². The molecule has 0 rings (SSSR count). The second-order valence-electron chi connectivity index (χ2n) is 10.4. The molecule has 0 heterocycles. The van der Waals surface area contributed by atoms with Crippen molar-refractivity contribution in [3.63, 3.8) is 0 Å². The van der Waals surface area contributed by atoms with E-state index >= 15 is 0 Å². The Hall–Kier alpha value is 0.0200. The second kappa shape index (κ2) is 27.3. The number of carbonyl (C=O) groups is 1. The molecule has 32 heavy (non-hydrogen) atoms. The van der Waals surface area contributed by atoms with Gasteiger partial charge in [0.25, 0.3) is 0 Å². The van der Waals surface area contributed by atoms with Gasteiger partial charge in [0.2, 0.25) is 0 Å². The summed E-state index contributed by atoms with van der Waals surface area (Å²) in [6.07, 6.45) is 35.3. The fourth-order valence-electron chi connectivity index (χ4n) is 4.85. The van der Waals surface area contributed by atoms with Gasteiger partial charge in [-0.05, 0) is 12.8 Å². The van der Waals surface area contributed by atoms with E-state index in [9.17, 15) is 4.79 Å². The number of hydrogen-bond donors (Lipinski definition) is 1. The molecule has 0 aromatic rings. The molecule has 1 atom stereocenters. The molecule has 1 unspecified atom stereocenters. The lowest BCUT2D eigenvalue weighted by Crippen LogP contribution is -2.09. The number of thiol groups is 1. The molecule has 0 radical (unpaired) electrons. The summed E-state index contributed by atoms with van der Waals surface area (Å²) in [6, 6.07) is 0. The van der Waals surface area contributed by atoms with Crippen molar-refractivity contribution in [2.24, 2.45) is 5.92 Å². The molecule has 0 aliphatic rings. The molecule has 2 heteroatoms. The molecule has 0 spiro atoms. The normalized spacial score (nSPS) is 12.3. The highest BCUT2D eigenvalue weighted by molar-refractivity contribution is 7.96. The molecule has 0 saturated heterocycles. The van der Waals surface area contributed by atoms with E-state index in [0.29, 0.717) is 0 Å². The van der Waals surface area contributed by atoms with Gasteiger partial charge in [-0.1, -0.05) is 168 Å². The van der Waals surface area contributed by atoms with Crippen LogP contribution < -0.4 is 0 Å². The molecular formula is C30H60OS. The SMILES string of the molecule is CCCCCCCCCCCCCCCCCCC(CCCCCCCCCC)C(=O)S. The number of unbranched alkanes of at least 4 members (excludes halogenated alkanes) is 22. The van der Waals surface area contributed by atoms with Gasteiger partial charge in [-0.2, -0.15) is 0 Å². The highest BCUT2D eigenvalue weighted by Gasteiger charge is 2.14. The van der Waals surface area contributed by atoms with Crippen LogP contribution in [-0.4, -0.2) is 5.12 Å². The predicted octanol–water partition coefficient (Wildman–Crippen LogP) is 11.2. The molecule has 0 aliphatic heterocycles. The van der Waals surface area contributed by atoms with Gasteiger partial charge < -0.3 is 0 Å². The van der Waals surface area contributed by atoms with Crippen molar-refractivity contribution in [2.45, 2.75) is 181 Å². The first-order valence-corrected chi connectivity index (χ1v) is 15.4. The first kappa shape index (κ1) is 32.0. The Bertz CT molecular complexity index is 368. The Labute approximate surface area is 209 Å². The summed E-state index contributed by atoms with van der Waals surface area (Å²) < 4.78 is 0. The van der Waals surface area contributed by atoms with Crippen LogP contribution in [0, 0.1) is 5.92 Å². The van der Waals surface area contributed by atoms with Gasteiger partial charge in [0, 0.05) is 5.92 Å². The minimum absolute atomic E-state index is 0.133. The van der Waals surface area contributed by atoms with Crippen LogP contribution in [0.5, 0.6) is 0 Å². The first-order valence-electron chi connectivity index (χ1n) is 14.9. The standard InChI is InChI=1S/C30H60OS/c1-3-5-7-9-11-13-14-15-16-17-18-19-20-22-24-26-28-29(30(31)32)27-25-23-21-12-10-8-6-4-2/h29H,3-28H2,1-2H3,(H,31,32). The van der Waals surface area contributed by atoms with E-state index in [1.165, 1.54) is 154 Å². The molecule has 0 saturated carbocycles. The summed E-state index contributed by atoms with van der Waals surface area (Å²) in [7, 11) is 0. The lowest BCUT2D eigenvalue weighted by Gasteiger charge is -2.13. The van der Waals surface area contributed by atoms with E-state index in [0.717, 1.165) is 12.8 Å². The summed E-state index contributed by atoms with van der Waals surface area (Å²) in [5.74, 6) is 0.213. The van der Waals surface area contributed by atoms with E-state index in [-0.39, 0.29) is 11.0 Å². The van der Waals surface area contributed by atoms with Gasteiger partial charge in [-0.15, -0.1) is 12.6 Å². The predicted molar refractivity (Wildman–Crippen MR) is 149 cm³/mol. The van der Waals surface area contributed by atoms with Crippen molar-refractivity contribution in [3.05, 3.63) is 0 Å². The number of hydrogen-bond acceptors (Lipinski definition) is 1. The van der Waals surface area contributed by atoms with E-state index in [2.05, 4.69) is 26.5 Å². The Kier molecular flexibility index (Phi) is 27.3. The molecule has 0 amide bonds. The van der Waals surface area contributed by atoms with E-state index in [1.54, 1.807) is 0 Å². The zero-order valence-corrected chi connectivity index (χ0v) is 23.2. The molecular weight excluding hydrogens is 408 g/mol. The lowest BCUT2D eigenvalue weighted by molar-refractivity contribution is -0.114. The van der Waals surface area contributed by atoms with Crippen LogP contribution in [0.2, 0.25) is 0 Å². The summed E-state index contributed by atoms with van der Waals surface area (Å²) >= 11 is 4.17. The summed E-state index contributed by atoms with van der Waals surface area (Å²) in [4.78, 5) is 11.8. The Morgan fingerprint density at radius 3 is 0.875 bits per heavy atom. The topological polar surface area (TPSA) is 17.1 Å². The zero-order chi connectivity index (χ0) is 23.5. The average molecular weight is 469 g/mol. The van der Waals surface area contributed by atoms with Crippen LogP contribution in [0.1, 0.15) is 181 Å². The maximum atomic E-state index is 11.8. The van der Waals surface area contributed by atoms with Crippen molar-refractivity contribution in [2.75, 3.05) is 0 Å². The summed E-state index contributed by atoms with van der Waals surface area (Å²) in [6.45, 7) is 4.56. The van der Waals surface area contributed by atoms with Gasteiger partial charge in [0.05, 0.1) is 0 Å². The van der Waals surface area contributed by atoms with Crippen molar-refractivity contribution in [1.82, 2.24) is 0 Å². The number of carbonyl (C=O) groups excluding carboxylic acids is 1. The maximum absolute atomic E-state index is 11.8. The lowest BCUT2D eigenvalue weighted by atomic mass is 9.95. The fourth-order valence-corrected chi connectivity index (χ4v) is 5.11. The summed E-state index contributed by atoms with van der Waals surface area (Å²) in [5.41, 5.74) is 0. The third-order valence-electron chi connectivity index (χ3n) is 7.16. The Morgan fingerprint density at radius 2 is 0.656 bits per heavy atom. The minimum Gasteiger partial charge on any atom is -0.287 e. The van der Waals surface area contributed by atoms with Crippen molar-refractivity contribution in [1.29, 1.82) is 0 Å². The van der Waals surface area contributed by atoms with Crippen molar-refractivity contribution < 1.29 is 4.79 Å². The fraction of sp³-hybridized carbons (Fsp3) is 0.967. The molecule has 0 fully saturated rings. The molecule has 192 valence electrons. The van der Waals surface area contributed by atoms with Crippen LogP contribution >= 0.6 is 12.6 Å². The van der Waals surface area contributed by atoms with Crippen LogP contribution in [-0.2, 0) is 4.79 Å². The largest absolute Gasteiger partial charge is 0.287 e. The third kappa shape index (κ3) is 24.7. The van der Waals surface area contributed by atoms with Gasteiger partial charge >= 0.3 is 0 Å². The monoisotopic (exact) mass is 468 g/mol. The molecule has 1 nitrogen and oxygen atoms in total. The third-order valence-corrected chi connectivity index (χ3v) is 7.53. The van der Waals surface area contributed by atoms with Gasteiger partial charge in [-0.3, -0.25) is 4.79 Å². The highest BCUT2D eigenvalue weighted by Crippen LogP contribution is 2.21. The van der Waals surface area contributed by atoms with Crippen molar-refractivity contribution >= 4 is 17.7 Å². The van der Waals surface area contributed by atoms with Crippen LogP contribution in [0.25, 0.3) is 0 Å². The van der Waals surface area contributed by atoms with Crippen LogP contribution in [0.3, 0.4) is 0 Å². The molecule has 0 aliphatic carbocycles. The van der Waals surface area contributed by atoms with E-state index in [1.807, 2.05) is 0 Å². The molecule has 0 aromatic heterocycles. The maximum Gasteiger partial charge on any atom is 0.188 e. The quantitative estimate of drug-likeness (QED) is 0.0936. The second-order valence-corrected chi connectivity index (χ2v) is 10.8. The molecule has 0 N–H and O–H groups in total. The van der Waals surface area contributed by atoms with Gasteiger partial charge in [0.15, 0.2) is 5.12 Å². The van der Waals surface area contributed by atoms with Crippen LogP contribution in [0.15, 0.2) is 0 Å². The minimum atomic E-state index is 0.133. The highest BCUT2D eigenvalue weighted by atomic mass is 32.1. The van der Waals surface area contributed by atoms with Crippen molar-refractivity contribution in [3.8, 4) is 0 Å².